The number of carboxylic acid groups (broad SMARTS) is 1. The Morgan fingerprint density at radius 2 is 1.70 bits per heavy atom. The van der Waals surface area contributed by atoms with E-state index in [0.717, 1.165) is 28.2 Å². The zero-order valence-electron chi connectivity index (χ0n) is 18.9. The fraction of sp³-hybridized carbons (Fsp3) is 0.259. The third-order valence-corrected chi connectivity index (χ3v) is 5.43. The highest BCUT2D eigenvalue weighted by Gasteiger charge is 2.17. The number of rotatable bonds is 11. The van der Waals surface area contributed by atoms with Crippen molar-refractivity contribution < 1.29 is 24.2 Å². The summed E-state index contributed by atoms with van der Waals surface area (Å²) < 4.78 is 11.0. The van der Waals surface area contributed by atoms with Crippen LogP contribution in [0.4, 0.5) is 5.69 Å². The summed E-state index contributed by atoms with van der Waals surface area (Å²) in [4.78, 5) is 23.9. The van der Waals surface area contributed by atoms with Crippen molar-refractivity contribution in [2.75, 3.05) is 12.4 Å². The normalized spacial score (nSPS) is 11.5. The molecule has 2 N–H and O–H groups in total. The fourth-order valence-corrected chi connectivity index (χ4v) is 3.45. The van der Waals surface area contributed by atoms with Gasteiger partial charge < -0.3 is 19.9 Å². The summed E-state index contributed by atoms with van der Waals surface area (Å²) in [6.45, 7) is 2.21. The lowest BCUT2D eigenvalue weighted by Gasteiger charge is -2.17. The average Bonchev–Trinajstić information content (AvgIpc) is 2.84. The van der Waals surface area contributed by atoms with Crippen molar-refractivity contribution in [3.8, 4) is 11.5 Å². The molecule has 1 atom stereocenters. The number of amides is 1. The van der Waals surface area contributed by atoms with Crippen LogP contribution in [0.15, 0.2) is 72.8 Å². The van der Waals surface area contributed by atoms with Crippen LogP contribution in [0.1, 0.15) is 42.4 Å². The molecular weight excluding hydrogens is 418 g/mol. The van der Waals surface area contributed by atoms with Crippen LogP contribution in [0.5, 0.6) is 11.5 Å². The monoisotopic (exact) mass is 447 g/mol. The van der Waals surface area contributed by atoms with E-state index in [1.165, 1.54) is 0 Å². The van der Waals surface area contributed by atoms with Crippen molar-refractivity contribution in [1.82, 2.24) is 0 Å². The van der Waals surface area contributed by atoms with E-state index >= 15 is 0 Å². The Morgan fingerprint density at radius 1 is 0.970 bits per heavy atom. The van der Waals surface area contributed by atoms with Crippen LogP contribution in [0.25, 0.3) is 0 Å². The van der Waals surface area contributed by atoms with E-state index in [2.05, 4.69) is 5.32 Å². The molecule has 1 amide bonds. The van der Waals surface area contributed by atoms with Crippen molar-refractivity contribution in [3.05, 3.63) is 89.5 Å². The molecule has 3 aromatic carbocycles. The predicted octanol–water partition coefficient (Wildman–Crippen LogP) is 5.42. The summed E-state index contributed by atoms with van der Waals surface area (Å²) in [6.07, 6.45) is 1.12. The number of aryl methyl sites for hydroxylation is 1. The second-order valence-electron chi connectivity index (χ2n) is 7.82. The lowest BCUT2D eigenvalue weighted by atomic mass is 9.99. The molecule has 0 radical (unpaired) electrons. The lowest BCUT2D eigenvalue weighted by molar-refractivity contribution is -0.137. The Morgan fingerprint density at radius 3 is 2.36 bits per heavy atom. The number of carbonyl (C=O) groups excluding carboxylic acids is 1. The lowest BCUT2D eigenvalue weighted by Crippen LogP contribution is -2.20. The van der Waals surface area contributed by atoms with Crippen molar-refractivity contribution in [2.45, 2.75) is 38.7 Å². The third-order valence-electron chi connectivity index (χ3n) is 5.43. The van der Waals surface area contributed by atoms with Gasteiger partial charge in [0.15, 0.2) is 0 Å². The topological polar surface area (TPSA) is 84.9 Å². The van der Waals surface area contributed by atoms with Crippen molar-refractivity contribution in [1.29, 1.82) is 0 Å². The number of benzene rings is 3. The Bertz CT molecular complexity index is 1060. The van der Waals surface area contributed by atoms with Gasteiger partial charge in [0, 0.05) is 12.1 Å². The summed E-state index contributed by atoms with van der Waals surface area (Å²) in [6, 6.07) is 22.7. The quantitative estimate of drug-likeness (QED) is 0.410. The van der Waals surface area contributed by atoms with Crippen LogP contribution in [-0.2, 0) is 22.6 Å². The highest BCUT2D eigenvalue weighted by Crippen LogP contribution is 2.25. The predicted molar refractivity (Wildman–Crippen MR) is 128 cm³/mol. The van der Waals surface area contributed by atoms with Crippen LogP contribution in [0.2, 0.25) is 0 Å². The summed E-state index contributed by atoms with van der Waals surface area (Å²) >= 11 is 0. The number of hydrogen-bond donors (Lipinski definition) is 2. The first-order valence-corrected chi connectivity index (χ1v) is 10.9. The maximum atomic E-state index is 13.0. The molecule has 0 fully saturated rings. The standard InChI is InChI=1S/C27H29NO5/c1-19(21-13-15-23(32-2)16-14-21)27(31)28-25-17-20(18-33-24-8-4-3-5-9-24)11-12-22(25)7-6-10-26(29)30/h3-5,8-9,11-17,19H,6-7,10,18H2,1-2H3,(H,28,31)(H,29,30). The zero-order valence-corrected chi connectivity index (χ0v) is 18.9. The smallest absolute Gasteiger partial charge is 0.303 e. The number of nitrogens with one attached hydrogen (secondary N) is 1. The Hall–Kier alpha value is -3.80. The van der Waals surface area contributed by atoms with E-state index < -0.39 is 5.97 Å². The van der Waals surface area contributed by atoms with Gasteiger partial charge in [0.05, 0.1) is 13.0 Å². The van der Waals surface area contributed by atoms with Crippen LogP contribution in [0, 0.1) is 0 Å². The number of aliphatic carboxylic acids is 1. The van der Waals surface area contributed by atoms with E-state index in [-0.39, 0.29) is 18.2 Å². The van der Waals surface area contributed by atoms with Gasteiger partial charge in [-0.15, -0.1) is 0 Å². The minimum absolute atomic E-state index is 0.0779. The molecular formula is C27H29NO5. The summed E-state index contributed by atoms with van der Waals surface area (Å²) in [5, 5.41) is 12.0. The second-order valence-corrected chi connectivity index (χ2v) is 7.82. The number of carboxylic acids is 1. The van der Waals surface area contributed by atoms with Gasteiger partial charge in [0.25, 0.3) is 0 Å². The molecule has 3 rings (SSSR count). The average molecular weight is 448 g/mol. The SMILES string of the molecule is COc1ccc(C(C)C(=O)Nc2cc(COc3ccccc3)ccc2CCCC(=O)O)cc1. The van der Waals surface area contributed by atoms with Crippen LogP contribution in [0.3, 0.4) is 0 Å². The molecule has 0 aliphatic rings. The second kappa shape index (κ2) is 11.7. The summed E-state index contributed by atoms with van der Waals surface area (Å²) in [7, 11) is 1.60. The van der Waals surface area contributed by atoms with E-state index in [1.807, 2.05) is 79.7 Å². The maximum absolute atomic E-state index is 13.0. The molecule has 0 spiro atoms. The van der Waals surface area contributed by atoms with Crippen LogP contribution >= 0.6 is 0 Å². The first-order chi connectivity index (χ1) is 16.0. The molecule has 3 aromatic rings. The molecule has 0 saturated heterocycles. The largest absolute Gasteiger partial charge is 0.497 e. The molecule has 0 bridgehead atoms. The molecule has 0 aliphatic carbocycles. The molecule has 0 saturated carbocycles. The van der Waals surface area contributed by atoms with Crippen molar-refractivity contribution >= 4 is 17.6 Å². The Balaban J connectivity index is 1.75. The first kappa shape index (κ1) is 23.9. The maximum Gasteiger partial charge on any atom is 0.303 e. The zero-order chi connectivity index (χ0) is 23.6. The number of carbonyl (C=O) groups is 2. The first-order valence-electron chi connectivity index (χ1n) is 10.9. The molecule has 172 valence electrons. The molecule has 0 aliphatic heterocycles. The Labute approximate surface area is 194 Å². The van der Waals surface area contributed by atoms with Crippen molar-refractivity contribution in [2.24, 2.45) is 0 Å². The van der Waals surface area contributed by atoms with Gasteiger partial charge in [0.2, 0.25) is 5.91 Å². The fourth-order valence-electron chi connectivity index (χ4n) is 3.45. The van der Waals surface area contributed by atoms with Gasteiger partial charge in [-0.3, -0.25) is 9.59 Å². The van der Waals surface area contributed by atoms with Gasteiger partial charge >= 0.3 is 5.97 Å². The molecule has 0 aromatic heterocycles. The summed E-state index contributed by atoms with van der Waals surface area (Å²) in [5.74, 6) is 0.161. The van der Waals surface area contributed by atoms with Gasteiger partial charge in [-0.1, -0.05) is 42.5 Å². The number of ether oxygens (including phenoxy) is 2. The summed E-state index contributed by atoms with van der Waals surface area (Å²) in [5.41, 5.74) is 3.37. The third kappa shape index (κ3) is 7.10. The highest BCUT2D eigenvalue weighted by atomic mass is 16.5. The van der Waals surface area contributed by atoms with Crippen LogP contribution in [-0.4, -0.2) is 24.1 Å². The minimum Gasteiger partial charge on any atom is -0.497 e. The van der Waals surface area contributed by atoms with E-state index in [4.69, 9.17) is 14.6 Å². The molecule has 1 unspecified atom stereocenters. The van der Waals surface area contributed by atoms with Gasteiger partial charge in [-0.2, -0.15) is 0 Å². The molecule has 6 nitrogen and oxygen atoms in total. The van der Waals surface area contributed by atoms with E-state index in [1.54, 1.807) is 7.11 Å². The Kier molecular flexibility index (Phi) is 8.47. The van der Waals surface area contributed by atoms with Gasteiger partial charge in [-0.25, -0.2) is 0 Å². The minimum atomic E-state index is -0.832. The van der Waals surface area contributed by atoms with Crippen LogP contribution < -0.4 is 14.8 Å². The number of hydrogen-bond acceptors (Lipinski definition) is 4. The number of anilines is 1. The van der Waals surface area contributed by atoms with Gasteiger partial charge in [-0.05, 0) is 66.8 Å². The highest BCUT2D eigenvalue weighted by molar-refractivity contribution is 5.96. The van der Waals surface area contributed by atoms with E-state index in [9.17, 15) is 9.59 Å². The van der Waals surface area contributed by atoms with E-state index in [0.29, 0.717) is 25.1 Å². The molecule has 33 heavy (non-hydrogen) atoms. The molecule has 6 heteroatoms. The number of methoxy groups -OCH3 is 1. The molecule has 0 heterocycles. The van der Waals surface area contributed by atoms with Crippen molar-refractivity contribution in [3.63, 3.8) is 0 Å². The number of para-hydroxylation sites is 1. The van der Waals surface area contributed by atoms with Gasteiger partial charge in [0.1, 0.15) is 18.1 Å².